The van der Waals surface area contributed by atoms with E-state index in [1.165, 1.54) is 24.9 Å². The summed E-state index contributed by atoms with van der Waals surface area (Å²) in [5.74, 6) is 0.434. The maximum Gasteiger partial charge on any atom is 0.311 e. The van der Waals surface area contributed by atoms with Crippen LogP contribution in [-0.2, 0) is 9.53 Å². The van der Waals surface area contributed by atoms with E-state index in [0.29, 0.717) is 11.4 Å². The Morgan fingerprint density at radius 3 is 2.80 bits per heavy atom. The molecule has 1 saturated carbocycles. The second-order valence-corrected chi connectivity index (χ2v) is 5.85. The Balaban J connectivity index is 1.96. The topological polar surface area (TPSA) is 108 Å². The van der Waals surface area contributed by atoms with Crippen LogP contribution in [0, 0.1) is 15.5 Å². The number of pyridine rings is 1. The fourth-order valence-corrected chi connectivity index (χ4v) is 3.01. The zero-order chi connectivity index (χ0) is 14.8. The lowest BCUT2D eigenvalue weighted by Gasteiger charge is -2.12. The van der Waals surface area contributed by atoms with Crippen LogP contribution in [0.4, 0.5) is 11.5 Å². The van der Waals surface area contributed by atoms with E-state index in [1.54, 1.807) is 6.07 Å². The number of nitrogens with two attached hydrogens (primary N) is 1. The number of esters is 1. The maximum atomic E-state index is 11.3. The van der Waals surface area contributed by atoms with Crippen LogP contribution in [0.15, 0.2) is 17.2 Å². The molecule has 7 nitrogen and oxygen atoms in total. The molecular weight excluding hydrogens is 282 g/mol. The van der Waals surface area contributed by atoms with Crippen LogP contribution < -0.4 is 5.73 Å². The third kappa shape index (κ3) is 3.38. The van der Waals surface area contributed by atoms with Gasteiger partial charge in [-0.25, -0.2) is 4.98 Å². The van der Waals surface area contributed by atoms with Gasteiger partial charge in [-0.2, -0.15) is 0 Å². The first-order valence-corrected chi connectivity index (χ1v) is 7.05. The molecule has 0 aliphatic heterocycles. The second kappa shape index (κ2) is 5.66. The number of hydrogen-bond donors (Lipinski definition) is 1. The normalized spacial score (nSPS) is 15.7. The van der Waals surface area contributed by atoms with Crippen molar-refractivity contribution in [1.82, 2.24) is 4.98 Å². The summed E-state index contributed by atoms with van der Waals surface area (Å²) in [6.07, 6.45) is 2.37. The molecule has 1 aliphatic carbocycles. The van der Waals surface area contributed by atoms with E-state index < -0.39 is 4.92 Å². The number of carbonyl (C=O) groups excluding carboxylic acids is 1. The fourth-order valence-electron chi connectivity index (χ4n) is 1.84. The predicted octanol–water partition coefficient (Wildman–Crippen LogP) is 2.01. The van der Waals surface area contributed by atoms with Gasteiger partial charge in [0.2, 0.25) is 5.82 Å². The van der Waals surface area contributed by atoms with E-state index in [0.717, 1.165) is 18.6 Å². The molecule has 0 unspecified atom stereocenters. The average Bonchev–Trinajstić information content (AvgIpc) is 3.16. The number of aromatic nitrogens is 1. The largest absolute Gasteiger partial charge is 0.469 e. The van der Waals surface area contributed by atoms with Crippen LogP contribution in [-0.4, -0.2) is 28.7 Å². The van der Waals surface area contributed by atoms with Crippen molar-refractivity contribution in [2.45, 2.75) is 24.3 Å². The van der Waals surface area contributed by atoms with Gasteiger partial charge in [-0.05, 0) is 24.3 Å². The number of methoxy groups -OCH3 is 1. The summed E-state index contributed by atoms with van der Waals surface area (Å²) in [7, 11) is 1.38. The van der Waals surface area contributed by atoms with E-state index in [4.69, 9.17) is 5.73 Å². The Morgan fingerprint density at radius 2 is 2.30 bits per heavy atom. The van der Waals surface area contributed by atoms with Gasteiger partial charge in [-0.1, -0.05) is 0 Å². The van der Waals surface area contributed by atoms with Crippen molar-refractivity contribution in [2.75, 3.05) is 18.6 Å². The molecule has 0 aromatic carbocycles. The first-order chi connectivity index (χ1) is 9.46. The molecule has 1 fully saturated rings. The monoisotopic (exact) mass is 297 g/mol. The average molecular weight is 297 g/mol. The molecule has 0 amide bonds. The molecule has 20 heavy (non-hydrogen) atoms. The molecule has 0 radical (unpaired) electrons. The van der Waals surface area contributed by atoms with E-state index in [-0.39, 0.29) is 22.9 Å². The molecule has 1 aromatic rings. The molecular formula is C12H15N3O4S. The van der Waals surface area contributed by atoms with Crippen LogP contribution in [0.3, 0.4) is 0 Å². The molecule has 0 bridgehead atoms. The minimum atomic E-state index is -0.559. The lowest BCUT2D eigenvalue weighted by Crippen LogP contribution is -2.13. The van der Waals surface area contributed by atoms with Crippen LogP contribution in [0.2, 0.25) is 0 Å². The van der Waals surface area contributed by atoms with Crippen molar-refractivity contribution in [3.63, 3.8) is 0 Å². The standard InChI is InChI=1S/C12H15N3O4S/c1-19-10(16)6-12(4-5-12)7-20-9-3-2-8(15(17)18)11(13)14-9/h2-3H,4-7H2,1H3,(H2,13,14). The fraction of sp³-hybridized carbons (Fsp3) is 0.500. The van der Waals surface area contributed by atoms with Crippen molar-refractivity contribution in [3.8, 4) is 0 Å². The highest BCUT2D eigenvalue weighted by Gasteiger charge is 2.44. The number of nitrogen functional groups attached to an aromatic ring is 1. The first-order valence-electron chi connectivity index (χ1n) is 6.06. The Bertz CT molecular complexity index is 546. The minimum Gasteiger partial charge on any atom is -0.469 e. The van der Waals surface area contributed by atoms with E-state index >= 15 is 0 Å². The second-order valence-electron chi connectivity index (χ2n) is 4.85. The quantitative estimate of drug-likeness (QED) is 0.370. The number of rotatable bonds is 6. The summed E-state index contributed by atoms with van der Waals surface area (Å²) >= 11 is 1.46. The zero-order valence-electron chi connectivity index (χ0n) is 11.0. The Labute approximate surface area is 120 Å². The smallest absolute Gasteiger partial charge is 0.311 e. The van der Waals surface area contributed by atoms with Crippen LogP contribution >= 0.6 is 11.8 Å². The van der Waals surface area contributed by atoms with Crippen molar-refractivity contribution in [2.24, 2.45) is 5.41 Å². The molecule has 8 heteroatoms. The highest BCUT2D eigenvalue weighted by atomic mass is 32.2. The SMILES string of the molecule is COC(=O)CC1(CSc2ccc([N+](=O)[O-])c(N)n2)CC1. The summed E-state index contributed by atoms with van der Waals surface area (Å²) < 4.78 is 4.68. The highest BCUT2D eigenvalue weighted by Crippen LogP contribution is 2.52. The van der Waals surface area contributed by atoms with Gasteiger partial charge >= 0.3 is 11.7 Å². The summed E-state index contributed by atoms with van der Waals surface area (Å²) in [4.78, 5) is 25.4. The Kier molecular flexibility index (Phi) is 4.12. The third-order valence-corrected chi connectivity index (χ3v) is 4.58. The predicted molar refractivity (Wildman–Crippen MR) is 74.3 cm³/mol. The lowest BCUT2D eigenvalue weighted by molar-refractivity contribution is -0.384. The highest BCUT2D eigenvalue weighted by molar-refractivity contribution is 7.99. The molecule has 2 rings (SSSR count). The minimum absolute atomic E-state index is 0.0179. The van der Waals surface area contributed by atoms with Gasteiger partial charge in [0, 0.05) is 11.8 Å². The van der Waals surface area contributed by atoms with Crippen molar-refractivity contribution in [1.29, 1.82) is 0 Å². The maximum absolute atomic E-state index is 11.3. The summed E-state index contributed by atoms with van der Waals surface area (Å²) in [5.41, 5.74) is 5.33. The van der Waals surface area contributed by atoms with Gasteiger partial charge in [-0.3, -0.25) is 14.9 Å². The number of ether oxygens (including phenoxy) is 1. The van der Waals surface area contributed by atoms with Crippen LogP contribution in [0.5, 0.6) is 0 Å². The zero-order valence-corrected chi connectivity index (χ0v) is 11.8. The molecule has 1 aromatic heterocycles. The van der Waals surface area contributed by atoms with Crippen LogP contribution in [0.25, 0.3) is 0 Å². The van der Waals surface area contributed by atoms with Gasteiger partial charge in [-0.15, -0.1) is 11.8 Å². The Morgan fingerprint density at radius 1 is 1.60 bits per heavy atom. The molecule has 1 aliphatic rings. The van der Waals surface area contributed by atoms with Gasteiger partial charge in [0.05, 0.1) is 23.5 Å². The number of hydrogen-bond acceptors (Lipinski definition) is 7. The lowest BCUT2D eigenvalue weighted by atomic mass is 10.1. The number of nitrogens with zero attached hydrogens (tertiary/aromatic N) is 2. The van der Waals surface area contributed by atoms with E-state index in [2.05, 4.69) is 9.72 Å². The summed E-state index contributed by atoms with van der Waals surface area (Å²) in [6, 6.07) is 2.93. The molecule has 0 atom stereocenters. The molecule has 1 heterocycles. The molecule has 0 saturated heterocycles. The Hall–Kier alpha value is -1.83. The van der Waals surface area contributed by atoms with Gasteiger partial charge in [0.1, 0.15) is 0 Å². The molecule has 2 N–H and O–H groups in total. The van der Waals surface area contributed by atoms with E-state index in [9.17, 15) is 14.9 Å². The number of thioether (sulfide) groups is 1. The summed E-state index contributed by atoms with van der Waals surface area (Å²) in [6.45, 7) is 0. The van der Waals surface area contributed by atoms with Gasteiger partial charge < -0.3 is 10.5 Å². The number of anilines is 1. The van der Waals surface area contributed by atoms with Crippen molar-refractivity contribution in [3.05, 3.63) is 22.2 Å². The van der Waals surface area contributed by atoms with Crippen molar-refractivity contribution >= 4 is 29.2 Å². The van der Waals surface area contributed by atoms with Gasteiger partial charge in [0.15, 0.2) is 0 Å². The van der Waals surface area contributed by atoms with Gasteiger partial charge in [0.25, 0.3) is 0 Å². The van der Waals surface area contributed by atoms with E-state index in [1.807, 2.05) is 0 Å². The number of carbonyl (C=O) groups is 1. The van der Waals surface area contributed by atoms with Crippen LogP contribution in [0.1, 0.15) is 19.3 Å². The number of nitro groups is 1. The van der Waals surface area contributed by atoms with Crippen molar-refractivity contribution < 1.29 is 14.5 Å². The summed E-state index contributed by atoms with van der Waals surface area (Å²) in [5, 5.41) is 11.3. The molecule has 0 spiro atoms. The third-order valence-electron chi connectivity index (χ3n) is 3.30. The first kappa shape index (κ1) is 14.6. The molecule has 108 valence electrons.